The molecular formula is C21H33ClN2O3. The van der Waals surface area contributed by atoms with Gasteiger partial charge < -0.3 is 19.3 Å². The van der Waals surface area contributed by atoms with Crippen LogP contribution in [0, 0.1) is 0 Å². The number of piperidine rings is 1. The standard InChI is InChI=1S/C21H32N2O3.ClH/c1-17(2)25-14-13-22-11-9-21(10-12-22)16-23(15-18(3)26-21)20(24)19-7-5-4-6-8-19;/h4-8,17-18H,9-16H2,1-3H3;1H. The van der Waals surface area contributed by atoms with Crippen molar-refractivity contribution in [3.63, 3.8) is 0 Å². The largest absolute Gasteiger partial charge is 0.377 e. The molecule has 1 spiro atoms. The summed E-state index contributed by atoms with van der Waals surface area (Å²) < 4.78 is 12.0. The highest BCUT2D eigenvalue weighted by Gasteiger charge is 2.43. The summed E-state index contributed by atoms with van der Waals surface area (Å²) in [5.74, 6) is 0.118. The second-order valence-corrected chi connectivity index (χ2v) is 7.92. The highest BCUT2D eigenvalue weighted by atomic mass is 35.5. The molecule has 3 rings (SSSR count). The number of likely N-dealkylation sites (tertiary alicyclic amines) is 1. The van der Waals surface area contributed by atoms with E-state index in [0.29, 0.717) is 13.1 Å². The first-order chi connectivity index (χ1) is 12.5. The van der Waals surface area contributed by atoms with Crippen LogP contribution in [-0.4, -0.2) is 72.8 Å². The Hall–Kier alpha value is -1.14. The summed E-state index contributed by atoms with van der Waals surface area (Å²) in [6, 6.07) is 9.58. The Morgan fingerprint density at radius 2 is 1.93 bits per heavy atom. The third-order valence-electron chi connectivity index (χ3n) is 5.34. The van der Waals surface area contributed by atoms with Crippen LogP contribution in [0.25, 0.3) is 0 Å². The van der Waals surface area contributed by atoms with E-state index in [2.05, 4.69) is 25.7 Å². The van der Waals surface area contributed by atoms with Crippen molar-refractivity contribution in [3.05, 3.63) is 35.9 Å². The predicted molar refractivity (Wildman–Crippen MR) is 110 cm³/mol. The third kappa shape index (κ3) is 5.92. The van der Waals surface area contributed by atoms with Crippen LogP contribution < -0.4 is 0 Å². The van der Waals surface area contributed by atoms with Gasteiger partial charge >= 0.3 is 0 Å². The van der Waals surface area contributed by atoms with Crippen LogP contribution in [0.2, 0.25) is 0 Å². The molecule has 0 N–H and O–H groups in total. The molecule has 0 aromatic heterocycles. The fourth-order valence-electron chi connectivity index (χ4n) is 4.02. The zero-order valence-electron chi connectivity index (χ0n) is 16.7. The van der Waals surface area contributed by atoms with E-state index in [1.54, 1.807) is 0 Å². The number of hydrogen-bond donors (Lipinski definition) is 0. The van der Waals surface area contributed by atoms with Crippen molar-refractivity contribution in [1.82, 2.24) is 9.80 Å². The van der Waals surface area contributed by atoms with Gasteiger partial charge in [-0.05, 0) is 45.7 Å². The molecule has 2 aliphatic heterocycles. The number of benzene rings is 1. The molecule has 0 bridgehead atoms. The average molecular weight is 397 g/mol. The Balaban J connectivity index is 0.00000261. The molecule has 1 amide bonds. The summed E-state index contributed by atoms with van der Waals surface area (Å²) >= 11 is 0. The third-order valence-corrected chi connectivity index (χ3v) is 5.34. The molecule has 1 atom stereocenters. The SMILES string of the molecule is CC(C)OCCN1CCC2(CC1)CN(C(=O)c1ccccc1)CC(C)O2.Cl. The van der Waals surface area contributed by atoms with Gasteiger partial charge in [0.25, 0.3) is 5.91 Å². The van der Waals surface area contributed by atoms with Gasteiger partial charge in [0, 0.05) is 31.7 Å². The Kier molecular flexibility index (Phi) is 8.10. The second-order valence-electron chi connectivity index (χ2n) is 7.92. The Morgan fingerprint density at radius 1 is 1.26 bits per heavy atom. The van der Waals surface area contributed by atoms with E-state index >= 15 is 0 Å². The molecule has 2 saturated heterocycles. The zero-order chi connectivity index (χ0) is 18.6. The van der Waals surface area contributed by atoms with Crippen LogP contribution in [0.5, 0.6) is 0 Å². The first kappa shape index (κ1) is 22.2. The first-order valence-corrected chi connectivity index (χ1v) is 9.83. The van der Waals surface area contributed by atoms with Crippen molar-refractivity contribution in [2.75, 3.05) is 39.3 Å². The summed E-state index contributed by atoms with van der Waals surface area (Å²) in [7, 11) is 0. The lowest BCUT2D eigenvalue weighted by molar-refractivity contribution is -0.162. The molecule has 0 radical (unpaired) electrons. The van der Waals surface area contributed by atoms with E-state index in [1.807, 2.05) is 35.2 Å². The molecule has 1 unspecified atom stereocenters. The van der Waals surface area contributed by atoms with Gasteiger partial charge in [-0.1, -0.05) is 18.2 Å². The number of halogens is 1. The number of hydrogen-bond acceptors (Lipinski definition) is 4. The van der Waals surface area contributed by atoms with Crippen molar-refractivity contribution in [3.8, 4) is 0 Å². The monoisotopic (exact) mass is 396 g/mol. The molecule has 2 aliphatic rings. The van der Waals surface area contributed by atoms with Crippen molar-refractivity contribution >= 4 is 18.3 Å². The summed E-state index contributed by atoms with van der Waals surface area (Å²) in [5.41, 5.74) is 0.567. The number of carbonyl (C=O) groups excluding carboxylic acids is 1. The molecule has 152 valence electrons. The zero-order valence-corrected chi connectivity index (χ0v) is 17.5. The number of nitrogens with zero attached hydrogens (tertiary/aromatic N) is 2. The van der Waals surface area contributed by atoms with E-state index in [4.69, 9.17) is 9.47 Å². The molecule has 0 aliphatic carbocycles. The Labute approximate surface area is 169 Å². The van der Waals surface area contributed by atoms with E-state index in [9.17, 15) is 4.79 Å². The topological polar surface area (TPSA) is 42.0 Å². The molecule has 1 aromatic rings. The lowest BCUT2D eigenvalue weighted by Crippen LogP contribution is -2.60. The summed E-state index contributed by atoms with van der Waals surface area (Å²) in [6.07, 6.45) is 2.30. The van der Waals surface area contributed by atoms with Gasteiger partial charge in [0.15, 0.2) is 0 Å². The Morgan fingerprint density at radius 3 is 2.56 bits per heavy atom. The van der Waals surface area contributed by atoms with Crippen LogP contribution in [0.1, 0.15) is 44.0 Å². The number of morpholine rings is 1. The van der Waals surface area contributed by atoms with Crippen LogP contribution >= 0.6 is 12.4 Å². The van der Waals surface area contributed by atoms with Crippen LogP contribution in [0.4, 0.5) is 0 Å². The molecule has 6 heteroatoms. The van der Waals surface area contributed by atoms with Gasteiger partial charge in [-0.15, -0.1) is 12.4 Å². The number of amides is 1. The van der Waals surface area contributed by atoms with Crippen LogP contribution in [-0.2, 0) is 9.47 Å². The maximum Gasteiger partial charge on any atom is 0.254 e. The van der Waals surface area contributed by atoms with E-state index in [1.165, 1.54) is 0 Å². The van der Waals surface area contributed by atoms with Gasteiger partial charge in [-0.2, -0.15) is 0 Å². The maximum atomic E-state index is 12.9. The molecule has 5 nitrogen and oxygen atoms in total. The number of rotatable bonds is 5. The van der Waals surface area contributed by atoms with Crippen molar-refractivity contribution in [2.24, 2.45) is 0 Å². The van der Waals surface area contributed by atoms with E-state index < -0.39 is 0 Å². The fraction of sp³-hybridized carbons (Fsp3) is 0.667. The highest BCUT2D eigenvalue weighted by Crippen LogP contribution is 2.32. The molecule has 0 saturated carbocycles. The first-order valence-electron chi connectivity index (χ1n) is 9.83. The average Bonchev–Trinajstić information content (AvgIpc) is 2.63. The normalized spacial score (nSPS) is 22.7. The van der Waals surface area contributed by atoms with Gasteiger partial charge in [0.05, 0.1) is 31.0 Å². The van der Waals surface area contributed by atoms with Crippen LogP contribution in [0.15, 0.2) is 30.3 Å². The van der Waals surface area contributed by atoms with Crippen molar-refractivity contribution in [2.45, 2.75) is 51.4 Å². The second kappa shape index (κ2) is 9.87. The van der Waals surface area contributed by atoms with E-state index in [0.717, 1.165) is 44.6 Å². The molecular weight excluding hydrogens is 364 g/mol. The molecule has 1 aromatic carbocycles. The quantitative estimate of drug-likeness (QED) is 0.766. The molecule has 27 heavy (non-hydrogen) atoms. The Bertz CT molecular complexity index is 588. The van der Waals surface area contributed by atoms with Crippen LogP contribution in [0.3, 0.4) is 0 Å². The molecule has 2 fully saturated rings. The van der Waals surface area contributed by atoms with Crippen molar-refractivity contribution in [1.29, 1.82) is 0 Å². The van der Waals surface area contributed by atoms with Crippen molar-refractivity contribution < 1.29 is 14.3 Å². The summed E-state index contributed by atoms with van der Waals surface area (Å²) in [6.45, 7) is 11.3. The van der Waals surface area contributed by atoms with Gasteiger partial charge in [0.2, 0.25) is 0 Å². The number of ether oxygens (including phenoxy) is 2. The van der Waals surface area contributed by atoms with Gasteiger partial charge in [-0.25, -0.2) is 0 Å². The lowest BCUT2D eigenvalue weighted by Gasteiger charge is -2.49. The van der Waals surface area contributed by atoms with E-state index in [-0.39, 0.29) is 36.1 Å². The smallest absolute Gasteiger partial charge is 0.254 e. The molecule has 2 heterocycles. The van der Waals surface area contributed by atoms with Gasteiger partial charge in [0.1, 0.15) is 0 Å². The number of carbonyl (C=O) groups is 1. The minimum Gasteiger partial charge on any atom is -0.377 e. The highest BCUT2D eigenvalue weighted by molar-refractivity contribution is 5.94. The maximum absolute atomic E-state index is 12.9. The van der Waals surface area contributed by atoms with Gasteiger partial charge in [-0.3, -0.25) is 4.79 Å². The fourth-order valence-corrected chi connectivity index (χ4v) is 4.02. The lowest BCUT2D eigenvalue weighted by atomic mass is 9.88. The minimum atomic E-state index is -0.197. The summed E-state index contributed by atoms with van der Waals surface area (Å²) in [5, 5.41) is 0. The summed E-state index contributed by atoms with van der Waals surface area (Å²) in [4.78, 5) is 17.3. The predicted octanol–water partition coefficient (Wildman–Crippen LogP) is 3.23. The minimum absolute atomic E-state index is 0.